The summed E-state index contributed by atoms with van der Waals surface area (Å²) in [4.78, 5) is 20.2. The van der Waals surface area contributed by atoms with Crippen LogP contribution in [0.5, 0.6) is 5.88 Å². The third kappa shape index (κ3) is 5.45. The molecule has 0 unspecified atom stereocenters. The number of nitrogens with one attached hydrogen (secondary N) is 1. The van der Waals surface area contributed by atoms with E-state index in [2.05, 4.69) is 15.3 Å². The molecule has 2 aromatic carbocycles. The molecule has 1 N–H and O–H groups in total. The second-order valence-corrected chi connectivity index (χ2v) is 6.49. The third-order valence-electron chi connectivity index (χ3n) is 3.95. The lowest BCUT2D eigenvalue weighted by atomic mass is 10.1. The number of alkyl halides is 3. The van der Waals surface area contributed by atoms with Crippen LogP contribution < -0.4 is 10.1 Å². The molecule has 0 saturated heterocycles. The first kappa shape index (κ1) is 20.6. The van der Waals surface area contributed by atoms with Gasteiger partial charge in [-0.2, -0.15) is 18.2 Å². The van der Waals surface area contributed by atoms with Crippen molar-refractivity contribution in [2.45, 2.75) is 19.2 Å². The highest BCUT2D eigenvalue weighted by atomic mass is 35.5. The summed E-state index contributed by atoms with van der Waals surface area (Å²) in [5.74, 6) is -0.411. The zero-order valence-corrected chi connectivity index (χ0v) is 15.8. The van der Waals surface area contributed by atoms with Crippen LogP contribution in [0.4, 0.5) is 18.9 Å². The molecule has 0 aliphatic heterocycles. The van der Waals surface area contributed by atoms with E-state index < -0.39 is 23.8 Å². The van der Waals surface area contributed by atoms with E-state index in [0.29, 0.717) is 11.3 Å². The van der Waals surface area contributed by atoms with E-state index >= 15 is 0 Å². The first-order valence-electron chi connectivity index (χ1n) is 8.45. The first-order chi connectivity index (χ1) is 13.7. The van der Waals surface area contributed by atoms with E-state index in [1.807, 2.05) is 0 Å². The van der Waals surface area contributed by atoms with Gasteiger partial charge in [0.05, 0.1) is 18.0 Å². The van der Waals surface area contributed by atoms with Crippen molar-refractivity contribution < 1.29 is 22.7 Å². The fourth-order valence-electron chi connectivity index (χ4n) is 2.54. The second kappa shape index (κ2) is 8.48. The Morgan fingerprint density at radius 2 is 1.90 bits per heavy atom. The molecule has 0 saturated carbocycles. The summed E-state index contributed by atoms with van der Waals surface area (Å²) in [5, 5.41) is 2.79. The monoisotopic (exact) mass is 421 g/mol. The highest BCUT2D eigenvalue weighted by molar-refractivity contribution is 6.29. The number of hydrogen-bond donors (Lipinski definition) is 1. The minimum Gasteiger partial charge on any atom is -0.469 e. The zero-order valence-electron chi connectivity index (χ0n) is 15.1. The van der Waals surface area contributed by atoms with E-state index in [-0.39, 0.29) is 16.6 Å². The van der Waals surface area contributed by atoms with E-state index in [9.17, 15) is 18.0 Å². The molecule has 0 aliphatic rings. The number of aromatic nitrogens is 2. The van der Waals surface area contributed by atoms with Crippen LogP contribution in [0.2, 0.25) is 5.15 Å². The summed E-state index contributed by atoms with van der Waals surface area (Å²) in [6.45, 7) is 1.77. The van der Waals surface area contributed by atoms with Gasteiger partial charge in [0.25, 0.3) is 5.91 Å². The molecule has 0 radical (unpaired) electrons. The van der Waals surface area contributed by atoms with Gasteiger partial charge in [0.2, 0.25) is 5.88 Å². The maximum Gasteiger partial charge on any atom is 0.416 e. The Bertz CT molecular complexity index is 1030. The quantitative estimate of drug-likeness (QED) is 0.587. The summed E-state index contributed by atoms with van der Waals surface area (Å²) in [5.41, 5.74) is 0.151. The van der Waals surface area contributed by atoms with Crippen molar-refractivity contribution in [1.82, 2.24) is 9.97 Å². The Morgan fingerprint density at radius 3 is 2.62 bits per heavy atom. The van der Waals surface area contributed by atoms with Crippen LogP contribution in [0.15, 0.2) is 60.9 Å². The van der Waals surface area contributed by atoms with E-state index in [1.165, 1.54) is 24.5 Å². The van der Waals surface area contributed by atoms with Crippen molar-refractivity contribution in [3.8, 4) is 5.88 Å². The van der Waals surface area contributed by atoms with Crippen molar-refractivity contribution in [3.05, 3.63) is 82.8 Å². The Balaban J connectivity index is 1.73. The Labute approximate surface area is 169 Å². The first-order valence-corrected chi connectivity index (χ1v) is 8.83. The summed E-state index contributed by atoms with van der Waals surface area (Å²) in [6, 6.07) is 11.0. The molecule has 0 fully saturated rings. The number of carbonyl (C=O) groups excluding carboxylic acids is 1. The summed E-state index contributed by atoms with van der Waals surface area (Å²) >= 11 is 5.78. The number of amides is 1. The zero-order chi connectivity index (χ0) is 21.0. The van der Waals surface area contributed by atoms with Gasteiger partial charge in [0, 0.05) is 11.3 Å². The maximum absolute atomic E-state index is 12.8. The smallest absolute Gasteiger partial charge is 0.416 e. The predicted molar refractivity (Wildman–Crippen MR) is 102 cm³/mol. The van der Waals surface area contributed by atoms with Gasteiger partial charge in [-0.15, -0.1) is 0 Å². The van der Waals surface area contributed by atoms with Gasteiger partial charge >= 0.3 is 6.18 Å². The number of carbonyl (C=O) groups is 1. The second-order valence-electron chi connectivity index (χ2n) is 6.10. The lowest BCUT2D eigenvalue weighted by Crippen LogP contribution is -2.14. The largest absolute Gasteiger partial charge is 0.469 e. The lowest BCUT2D eigenvalue weighted by molar-refractivity contribution is -0.137. The van der Waals surface area contributed by atoms with Gasteiger partial charge in [0.1, 0.15) is 6.10 Å². The number of ether oxygens (including phenoxy) is 1. The Morgan fingerprint density at radius 1 is 1.14 bits per heavy atom. The average molecular weight is 422 g/mol. The van der Waals surface area contributed by atoms with Crippen LogP contribution >= 0.6 is 11.6 Å². The molecule has 1 aromatic heterocycles. The molecule has 1 heterocycles. The molecule has 9 heteroatoms. The van der Waals surface area contributed by atoms with Crippen LogP contribution in [0.3, 0.4) is 0 Å². The number of nitrogens with zero attached hydrogens (tertiary/aromatic N) is 2. The Hall–Kier alpha value is -3.13. The van der Waals surface area contributed by atoms with Crippen molar-refractivity contribution in [2.24, 2.45) is 0 Å². The minimum atomic E-state index is -4.52. The third-order valence-corrected chi connectivity index (χ3v) is 4.13. The van der Waals surface area contributed by atoms with Crippen molar-refractivity contribution in [2.75, 3.05) is 5.32 Å². The molecule has 1 amide bonds. The molecule has 3 aromatic rings. The molecule has 5 nitrogen and oxygen atoms in total. The van der Waals surface area contributed by atoms with E-state index in [0.717, 1.165) is 12.1 Å². The number of anilines is 1. The molecule has 29 heavy (non-hydrogen) atoms. The van der Waals surface area contributed by atoms with Gasteiger partial charge < -0.3 is 10.1 Å². The van der Waals surface area contributed by atoms with Crippen LogP contribution in [-0.2, 0) is 6.18 Å². The van der Waals surface area contributed by atoms with Gasteiger partial charge in [0.15, 0.2) is 5.15 Å². The lowest BCUT2D eigenvalue weighted by Gasteiger charge is -2.15. The van der Waals surface area contributed by atoms with Crippen molar-refractivity contribution in [1.29, 1.82) is 0 Å². The van der Waals surface area contributed by atoms with Crippen LogP contribution in [0.25, 0.3) is 0 Å². The van der Waals surface area contributed by atoms with E-state index in [4.69, 9.17) is 16.3 Å². The molecule has 0 aliphatic carbocycles. The summed E-state index contributed by atoms with van der Waals surface area (Å²) in [6.07, 6.45) is -2.16. The molecule has 1 atom stereocenters. The molecular formula is C20H15ClF3N3O2. The van der Waals surface area contributed by atoms with Crippen LogP contribution in [0, 0.1) is 0 Å². The molecule has 0 bridgehead atoms. The molecule has 150 valence electrons. The van der Waals surface area contributed by atoms with E-state index in [1.54, 1.807) is 31.2 Å². The molecule has 3 rings (SSSR count). The van der Waals surface area contributed by atoms with Crippen LogP contribution in [-0.4, -0.2) is 15.9 Å². The number of hydrogen-bond acceptors (Lipinski definition) is 4. The highest BCUT2D eigenvalue weighted by Crippen LogP contribution is 2.30. The number of benzene rings is 2. The predicted octanol–water partition coefficient (Wildman–Crippen LogP) is 5.54. The van der Waals surface area contributed by atoms with Gasteiger partial charge in [-0.05, 0) is 42.8 Å². The topological polar surface area (TPSA) is 64.1 Å². The number of halogens is 4. The van der Waals surface area contributed by atoms with Crippen LogP contribution in [0.1, 0.15) is 34.5 Å². The summed E-state index contributed by atoms with van der Waals surface area (Å²) < 4.78 is 44.2. The average Bonchev–Trinajstić information content (AvgIpc) is 2.67. The molecular weight excluding hydrogens is 407 g/mol. The molecule has 0 spiro atoms. The van der Waals surface area contributed by atoms with Gasteiger partial charge in [-0.25, -0.2) is 0 Å². The maximum atomic E-state index is 12.8. The van der Waals surface area contributed by atoms with Gasteiger partial charge in [-0.1, -0.05) is 29.8 Å². The number of rotatable bonds is 5. The SMILES string of the molecule is C[C@H](Oc1cncc(Cl)n1)c1cccc(NC(=O)c2cccc(C(F)(F)F)c2)c1. The van der Waals surface area contributed by atoms with Gasteiger partial charge in [-0.3, -0.25) is 9.78 Å². The standard InChI is InChI=1S/C20H15ClF3N3O2/c1-12(29-18-11-25-10-17(21)27-18)13-4-3-7-16(9-13)26-19(28)14-5-2-6-15(8-14)20(22,23)24/h2-12H,1H3,(H,26,28)/t12-/m0/s1. The van der Waals surface area contributed by atoms with Crippen molar-refractivity contribution >= 4 is 23.2 Å². The fourth-order valence-corrected chi connectivity index (χ4v) is 2.68. The minimum absolute atomic E-state index is 0.0938. The fraction of sp³-hybridized carbons (Fsp3) is 0.150. The highest BCUT2D eigenvalue weighted by Gasteiger charge is 2.30. The normalized spacial score (nSPS) is 12.3. The Kier molecular flexibility index (Phi) is 6.03. The summed E-state index contributed by atoms with van der Waals surface area (Å²) in [7, 11) is 0. The van der Waals surface area contributed by atoms with Crippen molar-refractivity contribution in [3.63, 3.8) is 0 Å².